The standard InChI is InChI=1S/C24H18ClFO5S/c1-30-22-11-15(6-8-21(22)31-13-16-4-2-3-5-20(16)25)10-17-14-32(28,29)23-9-7-18(26)12-19(23)24(17)27/h2-12H,13-14H2,1H3/b17-10+. The number of carbonyl (C=O) groups excluding carboxylic acids is 1. The summed E-state index contributed by atoms with van der Waals surface area (Å²) in [6, 6.07) is 15.4. The van der Waals surface area contributed by atoms with Crippen molar-refractivity contribution in [3.05, 3.63) is 93.8 Å². The number of halogens is 2. The number of hydrogen-bond acceptors (Lipinski definition) is 5. The molecule has 32 heavy (non-hydrogen) atoms. The van der Waals surface area contributed by atoms with Crippen LogP contribution in [0.3, 0.4) is 0 Å². The van der Waals surface area contributed by atoms with Gasteiger partial charge < -0.3 is 9.47 Å². The average Bonchev–Trinajstić information content (AvgIpc) is 2.77. The molecule has 0 aromatic heterocycles. The molecular weight excluding hydrogens is 455 g/mol. The number of rotatable bonds is 5. The molecule has 0 atom stereocenters. The fourth-order valence-corrected chi connectivity index (χ4v) is 5.18. The molecule has 0 saturated heterocycles. The Bertz CT molecular complexity index is 1350. The number of carbonyl (C=O) groups is 1. The van der Waals surface area contributed by atoms with Crippen molar-refractivity contribution in [2.45, 2.75) is 11.5 Å². The van der Waals surface area contributed by atoms with Gasteiger partial charge in [0.2, 0.25) is 0 Å². The van der Waals surface area contributed by atoms with Gasteiger partial charge >= 0.3 is 0 Å². The van der Waals surface area contributed by atoms with E-state index in [1.807, 2.05) is 18.2 Å². The number of Topliss-reactive ketones (excluding diaryl/α,β-unsaturated/α-hetero) is 1. The van der Waals surface area contributed by atoms with E-state index in [4.69, 9.17) is 21.1 Å². The molecule has 1 aliphatic rings. The molecule has 3 aromatic rings. The molecule has 0 unspecified atom stereocenters. The summed E-state index contributed by atoms with van der Waals surface area (Å²) >= 11 is 6.16. The monoisotopic (exact) mass is 472 g/mol. The molecule has 4 rings (SSSR count). The summed E-state index contributed by atoms with van der Waals surface area (Å²) in [5.41, 5.74) is 1.25. The van der Waals surface area contributed by atoms with Gasteiger partial charge in [0.15, 0.2) is 27.1 Å². The van der Waals surface area contributed by atoms with Crippen molar-refractivity contribution in [3.8, 4) is 11.5 Å². The van der Waals surface area contributed by atoms with Crippen LogP contribution in [-0.4, -0.2) is 27.1 Å². The smallest absolute Gasteiger partial charge is 0.191 e. The van der Waals surface area contributed by atoms with Gasteiger partial charge in [-0.1, -0.05) is 35.9 Å². The quantitative estimate of drug-likeness (QED) is 0.381. The Labute approximate surface area is 190 Å². The molecule has 0 bridgehead atoms. The lowest BCUT2D eigenvalue weighted by molar-refractivity contribution is 0.103. The van der Waals surface area contributed by atoms with Crippen molar-refractivity contribution in [1.29, 1.82) is 0 Å². The third-order valence-electron chi connectivity index (χ3n) is 5.03. The minimum absolute atomic E-state index is 0.0508. The predicted molar refractivity (Wildman–Crippen MR) is 120 cm³/mol. The average molecular weight is 473 g/mol. The van der Waals surface area contributed by atoms with Gasteiger partial charge in [-0.05, 0) is 48.0 Å². The molecule has 0 spiro atoms. The summed E-state index contributed by atoms with van der Waals surface area (Å²) < 4.78 is 50.0. The third kappa shape index (κ3) is 4.40. The zero-order valence-corrected chi connectivity index (χ0v) is 18.5. The summed E-state index contributed by atoms with van der Waals surface area (Å²) in [5.74, 6) is -0.784. The second-order valence-electron chi connectivity index (χ2n) is 7.19. The van der Waals surface area contributed by atoms with Crippen molar-refractivity contribution in [3.63, 3.8) is 0 Å². The van der Waals surface area contributed by atoms with E-state index in [0.717, 1.165) is 23.8 Å². The van der Waals surface area contributed by atoms with Crippen LogP contribution in [0.4, 0.5) is 4.39 Å². The first kappa shape index (κ1) is 22.0. The number of hydrogen-bond donors (Lipinski definition) is 0. The molecule has 5 nitrogen and oxygen atoms in total. The van der Waals surface area contributed by atoms with E-state index in [2.05, 4.69) is 0 Å². The Kier molecular flexibility index (Phi) is 6.04. The van der Waals surface area contributed by atoms with Crippen molar-refractivity contribution in [2.75, 3.05) is 12.9 Å². The van der Waals surface area contributed by atoms with Crippen LogP contribution in [0.1, 0.15) is 21.5 Å². The van der Waals surface area contributed by atoms with E-state index in [0.29, 0.717) is 22.1 Å². The van der Waals surface area contributed by atoms with E-state index in [1.54, 1.807) is 24.3 Å². The highest BCUT2D eigenvalue weighted by molar-refractivity contribution is 7.91. The van der Waals surface area contributed by atoms with E-state index < -0.39 is 27.2 Å². The van der Waals surface area contributed by atoms with Crippen molar-refractivity contribution in [2.24, 2.45) is 0 Å². The molecule has 0 fully saturated rings. The topological polar surface area (TPSA) is 69.7 Å². The van der Waals surface area contributed by atoms with Crippen molar-refractivity contribution in [1.82, 2.24) is 0 Å². The molecule has 0 saturated carbocycles. The molecule has 0 amide bonds. The summed E-state index contributed by atoms with van der Waals surface area (Å²) in [7, 11) is -2.28. The maximum Gasteiger partial charge on any atom is 0.191 e. The van der Waals surface area contributed by atoms with Gasteiger partial charge in [-0.15, -0.1) is 0 Å². The molecule has 1 aliphatic heterocycles. The van der Waals surface area contributed by atoms with Gasteiger partial charge in [0, 0.05) is 21.7 Å². The highest BCUT2D eigenvalue weighted by Gasteiger charge is 2.33. The van der Waals surface area contributed by atoms with Gasteiger partial charge in [-0.3, -0.25) is 4.79 Å². The van der Waals surface area contributed by atoms with Crippen LogP contribution in [0, 0.1) is 5.82 Å². The number of methoxy groups -OCH3 is 1. The van der Waals surface area contributed by atoms with Gasteiger partial charge in [0.05, 0.1) is 17.8 Å². The van der Waals surface area contributed by atoms with Crippen LogP contribution in [0.25, 0.3) is 6.08 Å². The molecule has 0 N–H and O–H groups in total. The van der Waals surface area contributed by atoms with Gasteiger partial charge in [0.25, 0.3) is 0 Å². The number of fused-ring (bicyclic) bond motifs is 1. The van der Waals surface area contributed by atoms with Crippen LogP contribution in [0.15, 0.2) is 71.1 Å². The maximum atomic E-state index is 13.6. The van der Waals surface area contributed by atoms with Gasteiger partial charge in [0.1, 0.15) is 12.4 Å². The van der Waals surface area contributed by atoms with Crippen LogP contribution < -0.4 is 9.47 Å². The van der Waals surface area contributed by atoms with Crippen LogP contribution in [-0.2, 0) is 16.4 Å². The largest absolute Gasteiger partial charge is 0.493 e. The molecule has 164 valence electrons. The Morgan fingerprint density at radius 3 is 2.59 bits per heavy atom. The van der Waals surface area contributed by atoms with E-state index in [-0.39, 0.29) is 22.6 Å². The molecular formula is C24H18ClFO5S. The van der Waals surface area contributed by atoms with Crippen molar-refractivity contribution < 1.29 is 27.1 Å². The minimum Gasteiger partial charge on any atom is -0.493 e. The summed E-state index contributed by atoms with van der Waals surface area (Å²) in [5, 5.41) is 0.585. The summed E-state index contributed by atoms with van der Waals surface area (Å²) in [6.45, 7) is 0.232. The minimum atomic E-state index is -3.75. The lowest BCUT2D eigenvalue weighted by atomic mass is 10.0. The highest BCUT2D eigenvalue weighted by atomic mass is 35.5. The Hall–Kier alpha value is -3.16. The van der Waals surface area contributed by atoms with Crippen LogP contribution in [0.2, 0.25) is 5.02 Å². The lowest BCUT2D eigenvalue weighted by Gasteiger charge is -2.18. The van der Waals surface area contributed by atoms with E-state index >= 15 is 0 Å². The fourth-order valence-electron chi connectivity index (χ4n) is 3.44. The zero-order chi connectivity index (χ0) is 22.9. The first-order valence-corrected chi connectivity index (χ1v) is 11.6. The third-order valence-corrected chi connectivity index (χ3v) is 7.11. The molecule has 8 heteroatoms. The Balaban J connectivity index is 1.63. The Morgan fingerprint density at radius 2 is 1.84 bits per heavy atom. The SMILES string of the molecule is COc1cc(/C=C2\CS(=O)(=O)c3ccc(F)cc3C2=O)ccc1OCc1ccccc1Cl. The number of benzene rings is 3. The highest BCUT2D eigenvalue weighted by Crippen LogP contribution is 2.33. The van der Waals surface area contributed by atoms with Crippen LogP contribution in [0.5, 0.6) is 11.5 Å². The van der Waals surface area contributed by atoms with Gasteiger partial charge in [-0.2, -0.15) is 0 Å². The van der Waals surface area contributed by atoms with Crippen LogP contribution >= 0.6 is 11.6 Å². The first-order valence-electron chi connectivity index (χ1n) is 9.60. The molecule has 3 aromatic carbocycles. The van der Waals surface area contributed by atoms with Crippen molar-refractivity contribution >= 4 is 33.3 Å². The van der Waals surface area contributed by atoms with Gasteiger partial charge in [-0.25, -0.2) is 12.8 Å². The normalized spacial score (nSPS) is 16.0. The van der Waals surface area contributed by atoms with E-state index in [1.165, 1.54) is 13.2 Å². The van der Waals surface area contributed by atoms with E-state index in [9.17, 15) is 17.6 Å². The summed E-state index contributed by atoms with van der Waals surface area (Å²) in [6.07, 6.45) is 1.47. The molecule has 0 aliphatic carbocycles. The number of ketones is 1. The fraction of sp³-hybridized carbons (Fsp3) is 0.125. The predicted octanol–water partition coefficient (Wildman–Crippen LogP) is 5.12. The Morgan fingerprint density at radius 1 is 1.06 bits per heavy atom. The lowest BCUT2D eigenvalue weighted by Crippen LogP contribution is -2.24. The molecule has 1 heterocycles. The second-order valence-corrected chi connectivity index (χ2v) is 9.55. The first-order chi connectivity index (χ1) is 15.3. The maximum absolute atomic E-state index is 13.6. The molecule has 0 radical (unpaired) electrons. The number of ether oxygens (including phenoxy) is 2. The number of sulfone groups is 1. The zero-order valence-electron chi connectivity index (χ0n) is 17.0. The summed E-state index contributed by atoms with van der Waals surface area (Å²) in [4.78, 5) is 12.7. The second kappa shape index (κ2) is 8.76.